The van der Waals surface area contributed by atoms with Crippen molar-refractivity contribution >= 4 is 27.4 Å². The Morgan fingerprint density at radius 2 is 1.77 bits per heavy atom. The molecule has 0 saturated carbocycles. The number of esters is 1. The topological polar surface area (TPSA) is 98.8 Å². The van der Waals surface area contributed by atoms with E-state index in [0.717, 1.165) is 6.26 Å². The second kappa shape index (κ2) is 9.00. The first-order valence-corrected chi connectivity index (χ1v) is 9.67. The fraction of sp³-hybridized carbons (Fsp3) is 0.222. The van der Waals surface area contributed by atoms with Gasteiger partial charge in [0.1, 0.15) is 5.75 Å². The van der Waals surface area contributed by atoms with Crippen molar-refractivity contribution in [3.05, 3.63) is 54.6 Å². The summed E-state index contributed by atoms with van der Waals surface area (Å²) >= 11 is 0. The average molecular weight is 377 g/mol. The lowest BCUT2D eigenvalue weighted by Gasteiger charge is -2.08. The lowest BCUT2D eigenvalue weighted by Crippen LogP contribution is -2.21. The maximum atomic E-state index is 11.8. The second-order valence-electron chi connectivity index (χ2n) is 5.42. The maximum absolute atomic E-state index is 11.8. The molecular weight excluding hydrogens is 358 g/mol. The van der Waals surface area contributed by atoms with Gasteiger partial charge in [-0.15, -0.1) is 0 Å². The van der Waals surface area contributed by atoms with E-state index in [1.165, 1.54) is 18.2 Å². The Bertz CT molecular complexity index is 864. The highest BCUT2D eigenvalue weighted by Gasteiger charge is 2.11. The highest BCUT2D eigenvalue weighted by atomic mass is 32.2. The van der Waals surface area contributed by atoms with Crippen molar-refractivity contribution in [1.82, 2.24) is 0 Å². The lowest BCUT2D eigenvalue weighted by atomic mass is 10.3. The summed E-state index contributed by atoms with van der Waals surface area (Å²) in [5.41, 5.74) is 0.307. The summed E-state index contributed by atoms with van der Waals surface area (Å²) in [7, 11) is -3.37. The Labute approximate surface area is 151 Å². The summed E-state index contributed by atoms with van der Waals surface area (Å²) in [4.78, 5) is 23.5. The summed E-state index contributed by atoms with van der Waals surface area (Å²) < 4.78 is 33.2. The van der Waals surface area contributed by atoms with E-state index in [-0.39, 0.29) is 17.9 Å². The van der Waals surface area contributed by atoms with Gasteiger partial charge < -0.3 is 14.8 Å². The van der Waals surface area contributed by atoms with Crippen molar-refractivity contribution in [1.29, 1.82) is 0 Å². The van der Waals surface area contributed by atoms with E-state index in [2.05, 4.69) is 5.32 Å². The number of carbonyl (C=O) groups is 2. The number of benzene rings is 2. The number of amides is 1. The van der Waals surface area contributed by atoms with Crippen LogP contribution >= 0.6 is 0 Å². The molecule has 2 aromatic rings. The van der Waals surface area contributed by atoms with Crippen LogP contribution in [0, 0.1) is 0 Å². The molecule has 26 heavy (non-hydrogen) atoms. The Hall–Kier alpha value is -2.87. The van der Waals surface area contributed by atoms with Crippen LogP contribution in [0.5, 0.6) is 5.75 Å². The van der Waals surface area contributed by atoms with Crippen LogP contribution in [0.2, 0.25) is 0 Å². The summed E-state index contributed by atoms with van der Waals surface area (Å²) in [6.07, 6.45) is 1.08. The van der Waals surface area contributed by atoms with Crippen LogP contribution in [0.15, 0.2) is 59.5 Å². The number of carbonyl (C=O) groups excluding carboxylic acids is 2. The van der Waals surface area contributed by atoms with Gasteiger partial charge in [-0.3, -0.25) is 9.59 Å². The molecule has 0 aliphatic rings. The molecule has 0 saturated heterocycles. The molecule has 0 aromatic heterocycles. The third kappa shape index (κ3) is 6.56. The zero-order valence-corrected chi connectivity index (χ0v) is 15.0. The number of anilines is 1. The molecule has 0 spiro atoms. The maximum Gasteiger partial charge on any atom is 0.309 e. The van der Waals surface area contributed by atoms with Crippen LogP contribution in [0.3, 0.4) is 0 Å². The second-order valence-corrected chi connectivity index (χ2v) is 7.44. The van der Waals surface area contributed by atoms with E-state index in [9.17, 15) is 18.0 Å². The molecule has 0 bridgehead atoms. The highest BCUT2D eigenvalue weighted by Crippen LogP contribution is 2.15. The number of para-hydroxylation sites is 1. The van der Waals surface area contributed by atoms with Gasteiger partial charge in [-0.05, 0) is 30.3 Å². The monoisotopic (exact) mass is 377 g/mol. The smallest absolute Gasteiger partial charge is 0.309 e. The van der Waals surface area contributed by atoms with Gasteiger partial charge in [-0.1, -0.05) is 24.3 Å². The Balaban J connectivity index is 1.73. The lowest BCUT2D eigenvalue weighted by molar-refractivity contribution is -0.147. The van der Waals surface area contributed by atoms with Crippen molar-refractivity contribution in [2.45, 2.75) is 11.3 Å². The molecule has 7 nitrogen and oxygen atoms in total. The Morgan fingerprint density at radius 3 is 2.46 bits per heavy atom. The number of hydrogen-bond donors (Lipinski definition) is 1. The first-order chi connectivity index (χ1) is 12.3. The van der Waals surface area contributed by atoms with Crippen LogP contribution in [-0.4, -0.2) is 39.8 Å². The van der Waals surface area contributed by atoms with Crippen LogP contribution in [0.25, 0.3) is 0 Å². The van der Waals surface area contributed by atoms with E-state index < -0.39 is 28.3 Å². The molecule has 1 N–H and O–H groups in total. The number of sulfone groups is 1. The number of rotatable bonds is 8. The quantitative estimate of drug-likeness (QED) is 0.707. The van der Waals surface area contributed by atoms with E-state index in [1.807, 2.05) is 18.2 Å². The molecule has 2 rings (SSSR count). The largest absolute Gasteiger partial charge is 0.493 e. The first kappa shape index (κ1) is 19.5. The Morgan fingerprint density at radius 1 is 1.04 bits per heavy atom. The Kier molecular flexibility index (Phi) is 6.74. The number of nitrogens with one attached hydrogen (secondary N) is 1. The van der Waals surface area contributed by atoms with Crippen LogP contribution in [-0.2, 0) is 24.2 Å². The number of hydrogen-bond acceptors (Lipinski definition) is 6. The fourth-order valence-electron chi connectivity index (χ4n) is 1.99. The van der Waals surface area contributed by atoms with Crippen molar-refractivity contribution in [3.63, 3.8) is 0 Å². The predicted octanol–water partition coefficient (Wildman–Crippen LogP) is 2.04. The van der Waals surface area contributed by atoms with Crippen molar-refractivity contribution in [3.8, 4) is 5.75 Å². The molecule has 0 aliphatic heterocycles. The van der Waals surface area contributed by atoms with Gasteiger partial charge in [0, 0.05) is 11.9 Å². The summed E-state index contributed by atoms with van der Waals surface area (Å²) in [5.74, 6) is -0.488. The van der Waals surface area contributed by atoms with Gasteiger partial charge in [0.2, 0.25) is 0 Å². The van der Waals surface area contributed by atoms with Crippen molar-refractivity contribution in [2.24, 2.45) is 0 Å². The standard InChI is InChI=1S/C18H19NO6S/c1-26(22,23)16-9-5-6-14(12-16)19-17(20)13-25-18(21)10-11-24-15-7-3-2-4-8-15/h2-9,12H,10-11,13H2,1H3,(H,19,20). The molecular formula is C18H19NO6S. The molecule has 8 heteroatoms. The average Bonchev–Trinajstić information content (AvgIpc) is 2.60. The minimum Gasteiger partial charge on any atom is -0.493 e. The zero-order valence-electron chi connectivity index (χ0n) is 14.2. The summed E-state index contributed by atoms with van der Waals surface area (Å²) in [6, 6.07) is 14.8. The van der Waals surface area contributed by atoms with Gasteiger partial charge in [-0.25, -0.2) is 8.42 Å². The van der Waals surface area contributed by atoms with Gasteiger partial charge >= 0.3 is 5.97 Å². The highest BCUT2D eigenvalue weighted by molar-refractivity contribution is 7.90. The molecule has 0 heterocycles. The molecule has 138 valence electrons. The molecule has 0 radical (unpaired) electrons. The molecule has 0 fully saturated rings. The van der Waals surface area contributed by atoms with E-state index >= 15 is 0 Å². The van der Waals surface area contributed by atoms with Gasteiger partial charge in [0.05, 0.1) is 17.9 Å². The SMILES string of the molecule is CS(=O)(=O)c1cccc(NC(=O)COC(=O)CCOc2ccccc2)c1. The van der Waals surface area contributed by atoms with Gasteiger partial charge in [0.25, 0.3) is 5.91 Å². The third-order valence-corrected chi connectivity index (χ3v) is 4.34. The van der Waals surface area contributed by atoms with Crippen LogP contribution in [0.4, 0.5) is 5.69 Å². The molecule has 1 amide bonds. The predicted molar refractivity (Wildman–Crippen MR) is 95.7 cm³/mol. The van der Waals surface area contributed by atoms with Crippen LogP contribution in [0.1, 0.15) is 6.42 Å². The molecule has 2 aromatic carbocycles. The number of ether oxygens (including phenoxy) is 2. The molecule has 0 atom stereocenters. The van der Waals surface area contributed by atoms with Gasteiger partial charge in [0.15, 0.2) is 16.4 Å². The van der Waals surface area contributed by atoms with E-state index in [0.29, 0.717) is 11.4 Å². The molecule has 0 aliphatic carbocycles. The van der Waals surface area contributed by atoms with Gasteiger partial charge in [-0.2, -0.15) is 0 Å². The summed E-state index contributed by atoms with van der Waals surface area (Å²) in [5, 5.41) is 2.48. The van der Waals surface area contributed by atoms with Crippen molar-refractivity contribution < 1.29 is 27.5 Å². The zero-order chi connectivity index (χ0) is 19.0. The first-order valence-electron chi connectivity index (χ1n) is 7.78. The third-order valence-electron chi connectivity index (χ3n) is 3.23. The van der Waals surface area contributed by atoms with E-state index in [1.54, 1.807) is 18.2 Å². The normalized spacial score (nSPS) is 10.8. The minimum absolute atomic E-state index is 0.00569. The molecule has 0 unspecified atom stereocenters. The fourth-order valence-corrected chi connectivity index (χ4v) is 2.66. The van der Waals surface area contributed by atoms with Crippen LogP contribution < -0.4 is 10.1 Å². The minimum atomic E-state index is -3.37. The van der Waals surface area contributed by atoms with Crippen molar-refractivity contribution in [2.75, 3.05) is 24.8 Å². The summed E-state index contributed by atoms with van der Waals surface area (Å²) in [6.45, 7) is -0.325. The van der Waals surface area contributed by atoms with E-state index in [4.69, 9.17) is 9.47 Å².